The van der Waals surface area contributed by atoms with Crippen LogP contribution >= 0.6 is 31.9 Å². The summed E-state index contributed by atoms with van der Waals surface area (Å²) >= 11 is 6.97. The third kappa shape index (κ3) is 5.99. The molecule has 21 heavy (non-hydrogen) atoms. The lowest BCUT2D eigenvalue weighted by Crippen LogP contribution is -2.37. The number of rotatable bonds is 4. The number of carbonyl (C=O) groups is 1. The standard InChI is InChI=1S/C16H21Br2NO2/c1-16(2,3)21-15(20)19(9-11-4-5-11)10-12-6-13(17)8-14(18)7-12/h6-8,11H,4-5,9-10H2,1-3H3. The molecule has 1 aliphatic rings. The van der Waals surface area contributed by atoms with Crippen LogP contribution in [0.3, 0.4) is 0 Å². The van der Waals surface area contributed by atoms with E-state index in [0.29, 0.717) is 12.5 Å². The minimum atomic E-state index is -0.462. The van der Waals surface area contributed by atoms with Crippen molar-refractivity contribution in [3.05, 3.63) is 32.7 Å². The number of amides is 1. The lowest BCUT2D eigenvalue weighted by Gasteiger charge is -2.27. The summed E-state index contributed by atoms with van der Waals surface area (Å²) in [4.78, 5) is 14.2. The number of nitrogens with zero attached hydrogens (tertiary/aromatic N) is 1. The van der Waals surface area contributed by atoms with Gasteiger partial charge in [0.15, 0.2) is 0 Å². The number of hydrogen-bond donors (Lipinski definition) is 0. The molecule has 1 aliphatic carbocycles. The zero-order valence-electron chi connectivity index (χ0n) is 12.7. The van der Waals surface area contributed by atoms with E-state index >= 15 is 0 Å². The highest BCUT2D eigenvalue weighted by molar-refractivity contribution is 9.11. The molecule has 1 aromatic rings. The zero-order chi connectivity index (χ0) is 15.6. The summed E-state index contributed by atoms with van der Waals surface area (Å²) < 4.78 is 7.53. The van der Waals surface area contributed by atoms with Gasteiger partial charge in [-0.25, -0.2) is 4.79 Å². The predicted molar refractivity (Wildman–Crippen MR) is 91.2 cm³/mol. The first-order chi connectivity index (χ1) is 9.73. The van der Waals surface area contributed by atoms with Crippen LogP contribution < -0.4 is 0 Å². The molecule has 5 heteroatoms. The maximum atomic E-state index is 12.4. The van der Waals surface area contributed by atoms with Crippen LogP contribution in [0.2, 0.25) is 0 Å². The molecule has 1 aromatic carbocycles. The van der Waals surface area contributed by atoms with Gasteiger partial charge in [-0.2, -0.15) is 0 Å². The van der Waals surface area contributed by atoms with Gasteiger partial charge in [0.25, 0.3) is 0 Å². The molecule has 0 bridgehead atoms. The first kappa shape index (κ1) is 16.8. The zero-order valence-corrected chi connectivity index (χ0v) is 15.8. The lowest BCUT2D eigenvalue weighted by molar-refractivity contribution is 0.0224. The van der Waals surface area contributed by atoms with E-state index in [-0.39, 0.29) is 6.09 Å². The van der Waals surface area contributed by atoms with Crippen LogP contribution in [0.5, 0.6) is 0 Å². The third-order valence-electron chi connectivity index (χ3n) is 3.12. The first-order valence-electron chi connectivity index (χ1n) is 7.16. The Morgan fingerprint density at radius 1 is 1.24 bits per heavy atom. The van der Waals surface area contributed by atoms with E-state index in [4.69, 9.17) is 4.74 Å². The van der Waals surface area contributed by atoms with Crippen molar-refractivity contribution in [2.45, 2.75) is 45.8 Å². The molecule has 0 atom stereocenters. The van der Waals surface area contributed by atoms with E-state index in [0.717, 1.165) is 21.1 Å². The molecule has 116 valence electrons. The van der Waals surface area contributed by atoms with Gasteiger partial charge in [-0.15, -0.1) is 0 Å². The Labute approximate surface area is 143 Å². The summed E-state index contributed by atoms with van der Waals surface area (Å²) in [6.45, 7) is 7.05. The molecule has 1 amide bonds. The minimum absolute atomic E-state index is 0.231. The van der Waals surface area contributed by atoms with E-state index in [2.05, 4.69) is 31.9 Å². The van der Waals surface area contributed by atoms with Crippen LogP contribution in [0.4, 0.5) is 4.79 Å². The lowest BCUT2D eigenvalue weighted by atomic mass is 10.2. The normalized spacial score (nSPS) is 14.9. The number of hydrogen-bond acceptors (Lipinski definition) is 2. The summed E-state index contributed by atoms with van der Waals surface area (Å²) in [5, 5.41) is 0. The summed E-state index contributed by atoms with van der Waals surface area (Å²) in [5.41, 5.74) is 0.624. The fourth-order valence-corrected chi connectivity index (χ4v) is 3.45. The molecular formula is C16H21Br2NO2. The Bertz CT molecular complexity index is 501. The molecule has 0 heterocycles. The topological polar surface area (TPSA) is 29.5 Å². The van der Waals surface area contributed by atoms with Crippen molar-refractivity contribution in [2.24, 2.45) is 5.92 Å². The molecule has 0 saturated heterocycles. The maximum absolute atomic E-state index is 12.4. The van der Waals surface area contributed by atoms with Gasteiger partial charge in [-0.05, 0) is 63.3 Å². The summed E-state index contributed by atoms with van der Waals surface area (Å²) in [5.74, 6) is 0.633. The van der Waals surface area contributed by atoms with Gasteiger partial charge < -0.3 is 9.64 Å². The van der Waals surface area contributed by atoms with Crippen molar-refractivity contribution in [1.82, 2.24) is 4.90 Å². The summed E-state index contributed by atoms with van der Waals surface area (Å²) in [6, 6.07) is 6.06. The Balaban J connectivity index is 2.09. The Hall–Kier alpha value is -0.550. The van der Waals surface area contributed by atoms with Gasteiger partial charge in [-0.3, -0.25) is 0 Å². The quantitative estimate of drug-likeness (QED) is 0.658. The molecule has 2 rings (SSSR count). The van der Waals surface area contributed by atoms with Crippen LogP contribution in [0, 0.1) is 5.92 Å². The number of halogens is 2. The first-order valence-corrected chi connectivity index (χ1v) is 8.74. The molecule has 0 aromatic heterocycles. The molecule has 3 nitrogen and oxygen atoms in total. The highest BCUT2D eigenvalue weighted by Crippen LogP contribution is 2.31. The average Bonchev–Trinajstić information content (AvgIpc) is 3.08. The van der Waals surface area contributed by atoms with Crippen LogP contribution in [0.25, 0.3) is 0 Å². The van der Waals surface area contributed by atoms with E-state index in [1.165, 1.54) is 12.8 Å². The van der Waals surface area contributed by atoms with Crippen molar-refractivity contribution >= 4 is 38.0 Å². The van der Waals surface area contributed by atoms with Crippen LogP contribution in [-0.4, -0.2) is 23.1 Å². The fraction of sp³-hybridized carbons (Fsp3) is 0.562. The van der Waals surface area contributed by atoms with Crippen molar-refractivity contribution in [1.29, 1.82) is 0 Å². The second-order valence-electron chi connectivity index (χ2n) is 6.58. The maximum Gasteiger partial charge on any atom is 0.410 e. The summed E-state index contributed by atoms with van der Waals surface area (Å²) in [7, 11) is 0. The smallest absolute Gasteiger partial charge is 0.410 e. The van der Waals surface area contributed by atoms with Crippen molar-refractivity contribution in [3.63, 3.8) is 0 Å². The van der Waals surface area contributed by atoms with Gasteiger partial charge in [-0.1, -0.05) is 31.9 Å². The van der Waals surface area contributed by atoms with Gasteiger partial charge in [0.05, 0.1) is 0 Å². The largest absolute Gasteiger partial charge is 0.444 e. The number of ether oxygens (including phenoxy) is 1. The molecular weight excluding hydrogens is 398 g/mol. The van der Waals surface area contributed by atoms with Crippen LogP contribution in [0.1, 0.15) is 39.2 Å². The van der Waals surface area contributed by atoms with Gasteiger partial charge in [0.1, 0.15) is 5.60 Å². The molecule has 0 unspecified atom stereocenters. The van der Waals surface area contributed by atoms with E-state index < -0.39 is 5.60 Å². The predicted octanol–water partition coefficient (Wildman–Crippen LogP) is 5.36. The van der Waals surface area contributed by atoms with Crippen LogP contribution in [-0.2, 0) is 11.3 Å². The molecule has 0 aliphatic heterocycles. The number of benzene rings is 1. The van der Waals surface area contributed by atoms with E-state index in [1.54, 1.807) is 0 Å². The molecule has 0 spiro atoms. The highest BCUT2D eigenvalue weighted by atomic mass is 79.9. The van der Waals surface area contributed by atoms with Crippen molar-refractivity contribution < 1.29 is 9.53 Å². The van der Waals surface area contributed by atoms with Crippen molar-refractivity contribution in [2.75, 3.05) is 6.54 Å². The van der Waals surface area contributed by atoms with Crippen LogP contribution in [0.15, 0.2) is 27.1 Å². The SMILES string of the molecule is CC(C)(C)OC(=O)N(Cc1cc(Br)cc(Br)c1)CC1CC1. The Morgan fingerprint density at radius 2 is 1.81 bits per heavy atom. The van der Waals surface area contributed by atoms with E-state index in [9.17, 15) is 4.79 Å². The van der Waals surface area contributed by atoms with E-state index in [1.807, 2.05) is 43.9 Å². The van der Waals surface area contributed by atoms with Gasteiger partial charge in [0.2, 0.25) is 0 Å². The molecule has 0 radical (unpaired) electrons. The third-order valence-corrected chi connectivity index (χ3v) is 4.04. The van der Waals surface area contributed by atoms with Gasteiger partial charge in [0, 0.05) is 22.0 Å². The monoisotopic (exact) mass is 417 g/mol. The number of carbonyl (C=O) groups excluding carboxylic acids is 1. The molecule has 1 saturated carbocycles. The second-order valence-corrected chi connectivity index (χ2v) is 8.41. The molecule has 1 fully saturated rings. The second kappa shape index (κ2) is 6.69. The molecule has 0 N–H and O–H groups in total. The highest BCUT2D eigenvalue weighted by Gasteiger charge is 2.29. The average molecular weight is 419 g/mol. The Morgan fingerprint density at radius 3 is 2.29 bits per heavy atom. The fourth-order valence-electron chi connectivity index (χ4n) is 2.06. The van der Waals surface area contributed by atoms with Gasteiger partial charge >= 0.3 is 6.09 Å². The summed E-state index contributed by atoms with van der Waals surface area (Å²) in [6.07, 6.45) is 2.19. The Kier molecular flexibility index (Phi) is 5.36. The van der Waals surface area contributed by atoms with Crippen molar-refractivity contribution in [3.8, 4) is 0 Å². The minimum Gasteiger partial charge on any atom is -0.444 e.